The van der Waals surface area contributed by atoms with E-state index in [4.69, 9.17) is 14.2 Å². The van der Waals surface area contributed by atoms with Gasteiger partial charge in [-0.3, -0.25) is 14.9 Å². The lowest BCUT2D eigenvalue weighted by Gasteiger charge is -2.26. The Morgan fingerprint density at radius 1 is 0.805 bits per heavy atom. The Labute approximate surface area is 238 Å². The van der Waals surface area contributed by atoms with Crippen LogP contribution >= 0.6 is 0 Å². The topological polar surface area (TPSA) is 94.2 Å². The number of ether oxygens (including phenoxy) is 3. The molecule has 1 fully saturated rings. The van der Waals surface area contributed by atoms with Crippen molar-refractivity contribution in [1.82, 2.24) is 5.32 Å². The fourth-order valence-corrected chi connectivity index (χ4v) is 4.71. The number of urea groups is 1. The Morgan fingerprint density at radius 3 is 2.32 bits per heavy atom. The van der Waals surface area contributed by atoms with E-state index in [-0.39, 0.29) is 5.57 Å². The first-order valence-electron chi connectivity index (χ1n) is 13.4. The molecule has 4 aromatic rings. The summed E-state index contributed by atoms with van der Waals surface area (Å²) in [6.45, 7) is 7.00. The third-order valence-corrected chi connectivity index (χ3v) is 6.73. The van der Waals surface area contributed by atoms with Crippen LogP contribution in [0, 0.1) is 6.92 Å². The molecule has 5 rings (SSSR count). The van der Waals surface area contributed by atoms with Crippen LogP contribution in [-0.2, 0) is 16.2 Å². The molecule has 41 heavy (non-hydrogen) atoms. The maximum Gasteiger partial charge on any atom is 0.335 e. The smallest absolute Gasteiger partial charge is 0.335 e. The van der Waals surface area contributed by atoms with Crippen LogP contribution < -0.4 is 24.4 Å². The minimum atomic E-state index is -0.816. The SMILES string of the molecule is CCOc1ccc(N2C(=O)NC(=O)/C(=C\c3ccc(OCc4c(C)ccc5ccccc45)c(OCC)c3)C2=O)cc1. The highest BCUT2D eigenvalue weighted by Gasteiger charge is 2.36. The van der Waals surface area contributed by atoms with E-state index < -0.39 is 17.8 Å². The van der Waals surface area contributed by atoms with Gasteiger partial charge in [-0.2, -0.15) is 0 Å². The first kappa shape index (κ1) is 27.5. The van der Waals surface area contributed by atoms with Crippen LogP contribution in [0.2, 0.25) is 0 Å². The highest BCUT2D eigenvalue weighted by molar-refractivity contribution is 6.39. The quantitative estimate of drug-likeness (QED) is 0.197. The lowest BCUT2D eigenvalue weighted by atomic mass is 10.0. The number of hydrogen-bond donors (Lipinski definition) is 1. The lowest BCUT2D eigenvalue weighted by Crippen LogP contribution is -2.54. The molecule has 0 atom stereocenters. The van der Waals surface area contributed by atoms with Crippen molar-refractivity contribution in [2.75, 3.05) is 18.1 Å². The van der Waals surface area contributed by atoms with Crippen molar-refractivity contribution in [2.24, 2.45) is 0 Å². The number of barbiturate groups is 1. The van der Waals surface area contributed by atoms with E-state index in [1.54, 1.807) is 42.5 Å². The van der Waals surface area contributed by atoms with Crippen molar-refractivity contribution >= 4 is 40.4 Å². The Balaban J connectivity index is 1.41. The summed E-state index contributed by atoms with van der Waals surface area (Å²) in [5.74, 6) is 0.115. The number of nitrogens with one attached hydrogen (secondary N) is 1. The van der Waals surface area contributed by atoms with Crippen molar-refractivity contribution in [2.45, 2.75) is 27.4 Å². The van der Waals surface area contributed by atoms with Gasteiger partial charge in [-0.1, -0.05) is 42.5 Å². The first-order valence-corrected chi connectivity index (χ1v) is 13.4. The molecular weight excluding hydrogens is 520 g/mol. The molecule has 0 aromatic heterocycles. The number of benzene rings is 4. The number of imide groups is 2. The van der Waals surface area contributed by atoms with Gasteiger partial charge in [0.25, 0.3) is 11.8 Å². The van der Waals surface area contributed by atoms with Gasteiger partial charge in [-0.15, -0.1) is 0 Å². The average Bonchev–Trinajstić information content (AvgIpc) is 2.96. The van der Waals surface area contributed by atoms with Gasteiger partial charge in [0.15, 0.2) is 11.5 Å². The van der Waals surface area contributed by atoms with Gasteiger partial charge >= 0.3 is 6.03 Å². The summed E-state index contributed by atoms with van der Waals surface area (Å²) in [5.41, 5.74) is 2.89. The second kappa shape index (κ2) is 12.0. The lowest BCUT2D eigenvalue weighted by molar-refractivity contribution is -0.122. The third kappa shape index (κ3) is 5.77. The minimum absolute atomic E-state index is 0.180. The molecule has 208 valence electrons. The number of fused-ring (bicyclic) bond motifs is 1. The van der Waals surface area contributed by atoms with Crippen LogP contribution in [0.5, 0.6) is 17.2 Å². The molecule has 1 aliphatic rings. The molecule has 1 aliphatic heterocycles. The molecule has 8 nitrogen and oxygen atoms in total. The van der Waals surface area contributed by atoms with Gasteiger partial charge in [0.2, 0.25) is 0 Å². The fraction of sp³-hybridized carbons (Fsp3) is 0.182. The third-order valence-electron chi connectivity index (χ3n) is 6.73. The highest BCUT2D eigenvalue weighted by atomic mass is 16.5. The number of carbonyl (C=O) groups excluding carboxylic acids is 3. The number of nitrogens with zero attached hydrogens (tertiary/aromatic N) is 1. The average molecular weight is 551 g/mol. The molecule has 0 aliphatic carbocycles. The monoisotopic (exact) mass is 550 g/mol. The van der Waals surface area contributed by atoms with E-state index in [1.807, 2.05) is 26.0 Å². The molecule has 1 heterocycles. The van der Waals surface area contributed by atoms with Gasteiger partial charge in [0.05, 0.1) is 18.9 Å². The second-order valence-electron chi connectivity index (χ2n) is 9.39. The molecule has 0 unspecified atom stereocenters. The van der Waals surface area contributed by atoms with Gasteiger partial charge in [-0.05, 0) is 85.1 Å². The van der Waals surface area contributed by atoms with E-state index in [9.17, 15) is 14.4 Å². The second-order valence-corrected chi connectivity index (χ2v) is 9.39. The minimum Gasteiger partial charge on any atom is -0.494 e. The van der Waals surface area contributed by atoms with Crippen LogP contribution in [0.25, 0.3) is 16.8 Å². The number of aryl methyl sites for hydroxylation is 1. The van der Waals surface area contributed by atoms with E-state index in [2.05, 4.69) is 36.5 Å². The number of hydrogen-bond acceptors (Lipinski definition) is 6. The largest absolute Gasteiger partial charge is 0.494 e. The van der Waals surface area contributed by atoms with Crippen LogP contribution in [0.3, 0.4) is 0 Å². The zero-order valence-electron chi connectivity index (χ0n) is 23.1. The molecule has 1 N–H and O–H groups in total. The van der Waals surface area contributed by atoms with Crippen molar-refractivity contribution in [3.63, 3.8) is 0 Å². The van der Waals surface area contributed by atoms with Gasteiger partial charge in [0, 0.05) is 5.56 Å². The summed E-state index contributed by atoms with van der Waals surface area (Å²) in [6.07, 6.45) is 1.44. The Hall–Kier alpha value is -5.11. The summed E-state index contributed by atoms with van der Waals surface area (Å²) in [5, 5.41) is 4.51. The summed E-state index contributed by atoms with van der Waals surface area (Å²) in [4.78, 5) is 39.5. The van der Waals surface area contributed by atoms with Crippen LogP contribution in [0.4, 0.5) is 10.5 Å². The van der Waals surface area contributed by atoms with Crippen LogP contribution in [0.1, 0.15) is 30.5 Å². The zero-order chi connectivity index (χ0) is 28.9. The highest BCUT2D eigenvalue weighted by Crippen LogP contribution is 2.32. The number of carbonyl (C=O) groups is 3. The predicted molar refractivity (Wildman–Crippen MR) is 157 cm³/mol. The van der Waals surface area contributed by atoms with Crippen LogP contribution in [0.15, 0.2) is 84.4 Å². The van der Waals surface area contributed by atoms with Crippen molar-refractivity contribution < 1.29 is 28.6 Å². The molecular formula is C33H30N2O6. The Kier molecular flexibility index (Phi) is 8.01. The van der Waals surface area contributed by atoms with Crippen LogP contribution in [-0.4, -0.2) is 31.1 Å². The summed E-state index contributed by atoms with van der Waals surface area (Å²) in [7, 11) is 0. The van der Waals surface area contributed by atoms with E-state index in [1.165, 1.54) is 6.08 Å². The number of rotatable bonds is 9. The van der Waals surface area contributed by atoms with Gasteiger partial charge in [-0.25, -0.2) is 9.69 Å². The van der Waals surface area contributed by atoms with Crippen molar-refractivity contribution in [3.8, 4) is 17.2 Å². The predicted octanol–water partition coefficient (Wildman–Crippen LogP) is 6.19. The molecule has 0 saturated carbocycles. The molecule has 1 saturated heterocycles. The Bertz CT molecular complexity index is 1660. The molecule has 0 radical (unpaired) electrons. The van der Waals surface area contributed by atoms with E-state index >= 15 is 0 Å². The van der Waals surface area contributed by atoms with Gasteiger partial charge in [0.1, 0.15) is 17.9 Å². The van der Waals surface area contributed by atoms with Crippen molar-refractivity contribution in [3.05, 3.63) is 101 Å². The molecule has 0 spiro atoms. The Morgan fingerprint density at radius 2 is 1.56 bits per heavy atom. The normalized spacial score (nSPS) is 14.4. The molecule has 8 heteroatoms. The summed E-state index contributed by atoms with van der Waals surface area (Å²) in [6, 6.07) is 23.2. The fourth-order valence-electron chi connectivity index (χ4n) is 4.71. The maximum absolute atomic E-state index is 13.3. The summed E-state index contributed by atoms with van der Waals surface area (Å²) < 4.78 is 17.5. The van der Waals surface area contributed by atoms with Gasteiger partial charge < -0.3 is 14.2 Å². The molecule has 0 bridgehead atoms. The standard InChI is InChI=1S/C33H30N2O6/c1-4-39-25-15-13-24(14-16-25)35-32(37)27(31(36)34-33(35)38)18-22-11-17-29(30(19-22)40-5-2)41-20-28-21(3)10-12-23-8-6-7-9-26(23)28/h6-19H,4-5,20H2,1-3H3,(H,34,36,38)/b27-18+. The maximum atomic E-state index is 13.3. The van der Waals surface area contributed by atoms with E-state index in [0.717, 1.165) is 26.8 Å². The van der Waals surface area contributed by atoms with Crippen molar-refractivity contribution in [1.29, 1.82) is 0 Å². The first-order chi connectivity index (χ1) is 19.9. The number of amides is 4. The summed E-state index contributed by atoms with van der Waals surface area (Å²) >= 11 is 0. The zero-order valence-corrected chi connectivity index (χ0v) is 23.1. The molecule has 4 aromatic carbocycles. The van der Waals surface area contributed by atoms with E-state index in [0.29, 0.717) is 48.3 Å². The molecule has 4 amide bonds. The number of anilines is 1.